The SMILES string of the molecule is Cc1ccc(-c2ccccc2)cc1CCl. The maximum Gasteiger partial charge on any atom is 0.0476 e. The summed E-state index contributed by atoms with van der Waals surface area (Å²) >= 11 is 5.89. The van der Waals surface area contributed by atoms with Gasteiger partial charge in [0.15, 0.2) is 0 Å². The molecule has 76 valence electrons. The smallest absolute Gasteiger partial charge is 0.0476 e. The zero-order chi connectivity index (χ0) is 10.7. The van der Waals surface area contributed by atoms with E-state index >= 15 is 0 Å². The lowest BCUT2D eigenvalue weighted by atomic mass is 10.0. The van der Waals surface area contributed by atoms with E-state index in [4.69, 9.17) is 11.6 Å². The summed E-state index contributed by atoms with van der Waals surface area (Å²) in [5.74, 6) is 0.576. The third kappa shape index (κ3) is 2.21. The van der Waals surface area contributed by atoms with E-state index in [9.17, 15) is 0 Å². The van der Waals surface area contributed by atoms with Crippen LogP contribution in [0.2, 0.25) is 0 Å². The Labute approximate surface area is 95.5 Å². The summed E-state index contributed by atoms with van der Waals surface area (Å²) < 4.78 is 0. The number of alkyl halides is 1. The van der Waals surface area contributed by atoms with Gasteiger partial charge < -0.3 is 0 Å². The van der Waals surface area contributed by atoms with Crippen LogP contribution >= 0.6 is 11.6 Å². The topological polar surface area (TPSA) is 0 Å². The van der Waals surface area contributed by atoms with Crippen LogP contribution in [0.15, 0.2) is 48.5 Å². The molecule has 1 heteroatoms. The number of hydrogen-bond acceptors (Lipinski definition) is 0. The molecule has 0 atom stereocenters. The van der Waals surface area contributed by atoms with Gasteiger partial charge in [0.25, 0.3) is 0 Å². The summed E-state index contributed by atoms with van der Waals surface area (Å²) in [7, 11) is 0. The van der Waals surface area contributed by atoms with E-state index in [1.54, 1.807) is 0 Å². The molecule has 0 fully saturated rings. The number of halogens is 1. The quantitative estimate of drug-likeness (QED) is 0.653. The van der Waals surface area contributed by atoms with Crippen LogP contribution in [0.3, 0.4) is 0 Å². The Morgan fingerprint density at radius 1 is 0.933 bits per heavy atom. The number of benzene rings is 2. The number of aryl methyl sites for hydroxylation is 1. The minimum atomic E-state index is 0.576. The highest BCUT2D eigenvalue weighted by Crippen LogP contribution is 2.22. The lowest BCUT2D eigenvalue weighted by Gasteiger charge is -2.06. The highest BCUT2D eigenvalue weighted by molar-refractivity contribution is 6.17. The fourth-order valence-electron chi connectivity index (χ4n) is 1.63. The van der Waals surface area contributed by atoms with Gasteiger partial charge in [0.1, 0.15) is 0 Å². The van der Waals surface area contributed by atoms with Gasteiger partial charge in [0.05, 0.1) is 0 Å². The second kappa shape index (κ2) is 4.50. The van der Waals surface area contributed by atoms with Crippen molar-refractivity contribution in [2.75, 3.05) is 0 Å². The van der Waals surface area contributed by atoms with Gasteiger partial charge in [-0.25, -0.2) is 0 Å². The van der Waals surface area contributed by atoms with E-state index in [0.717, 1.165) is 0 Å². The first kappa shape index (κ1) is 10.3. The second-order valence-electron chi connectivity index (χ2n) is 3.64. The van der Waals surface area contributed by atoms with Crippen LogP contribution < -0.4 is 0 Å². The fourth-order valence-corrected chi connectivity index (χ4v) is 1.91. The summed E-state index contributed by atoms with van der Waals surface area (Å²) in [6, 6.07) is 16.8. The Hall–Kier alpha value is -1.27. The first-order valence-corrected chi connectivity index (χ1v) is 5.55. The molecule has 0 bridgehead atoms. The predicted molar refractivity (Wildman–Crippen MR) is 66.2 cm³/mol. The molecule has 0 N–H and O–H groups in total. The third-order valence-electron chi connectivity index (χ3n) is 2.60. The number of rotatable bonds is 2. The molecule has 0 saturated heterocycles. The molecule has 2 aromatic carbocycles. The van der Waals surface area contributed by atoms with Crippen molar-refractivity contribution >= 4 is 11.6 Å². The Balaban J connectivity index is 2.46. The molecule has 15 heavy (non-hydrogen) atoms. The lowest BCUT2D eigenvalue weighted by Crippen LogP contribution is -1.86. The monoisotopic (exact) mass is 216 g/mol. The van der Waals surface area contributed by atoms with Crippen molar-refractivity contribution in [2.45, 2.75) is 12.8 Å². The molecule has 0 radical (unpaired) electrons. The Bertz CT molecular complexity index is 446. The average Bonchev–Trinajstić information content (AvgIpc) is 2.31. The van der Waals surface area contributed by atoms with Gasteiger partial charge in [-0.2, -0.15) is 0 Å². The van der Waals surface area contributed by atoms with Crippen molar-refractivity contribution in [3.63, 3.8) is 0 Å². The Kier molecular flexibility index (Phi) is 3.08. The minimum Gasteiger partial charge on any atom is -0.122 e. The van der Waals surface area contributed by atoms with Crippen LogP contribution in [0.5, 0.6) is 0 Å². The molecule has 0 unspecified atom stereocenters. The molecule has 0 aliphatic carbocycles. The van der Waals surface area contributed by atoms with E-state index in [2.05, 4.69) is 49.4 Å². The van der Waals surface area contributed by atoms with Gasteiger partial charge >= 0.3 is 0 Å². The molecule has 0 nitrogen and oxygen atoms in total. The average molecular weight is 217 g/mol. The van der Waals surface area contributed by atoms with Crippen LogP contribution in [0.4, 0.5) is 0 Å². The predicted octanol–water partition coefficient (Wildman–Crippen LogP) is 4.40. The summed E-state index contributed by atoms with van der Waals surface area (Å²) in [5, 5.41) is 0. The maximum atomic E-state index is 5.89. The van der Waals surface area contributed by atoms with Gasteiger partial charge in [-0.05, 0) is 35.2 Å². The highest BCUT2D eigenvalue weighted by atomic mass is 35.5. The normalized spacial score (nSPS) is 10.3. The standard InChI is InChI=1S/C14H13Cl/c1-11-7-8-13(9-14(11)10-15)12-5-3-2-4-6-12/h2-9H,10H2,1H3. The van der Waals surface area contributed by atoms with Gasteiger partial charge in [-0.3, -0.25) is 0 Å². The van der Waals surface area contributed by atoms with Gasteiger partial charge in [-0.15, -0.1) is 11.6 Å². The fraction of sp³-hybridized carbons (Fsp3) is 0.143. The summed E-state index contributed by atoms with van der Waals surface area (Å²) in [4.78, 5) is 0. The molecule has 0 saturated carbocycles. The van der Waals surface area contributed by atoms with Crippen LogP contribution in [0.1, 0.15) is 11.1 Å². The van der Waals surface area contributed by atoms with E-state index in [0.29, 0.717) is 5.88 Å². The van der Waals surface area contributed by atoms with E-state index in [1.807, 2.05) is 6.07 Å². The van der Waals surface area contributed by atoms with Crippen LogP contribution in [-0.2, 0) is 5.88 Å². The van der Waals surface area contributed by atoms with Crippen LogP contribution in [-0.4, -0.2) is 0 Å². The molecule has 0 spiro atoms. The Morgan fingerprint density at radius 3 is 2.33 bits per heavy atom. The number of hydrogen-bond donors (Lipinski definition) is 0. The van der Waals surface area contributed by atoms with Gasteiger partial charge in [-0.1, -0.05) is 42.5 Å². The van der Waals surface area contributed by atoms with Crippen molar-refractivity contribution in [1.29, 1.82) is 0 Å². The molecule has 0 aliphatic rings. The first-order chi connectivity index (χ1) is 7.31. The van der Waals surface area contributed by atoms with Crippen molar-refractivity contribution in [1.82, 2.24) is 0 Å². The van der Waals surface area contributed by atoms with Gasteiger partial charge in [0, 0.05) is 5.88 Å². The third-order valence-corrected chi connectivity index (χ3v) is 2.89. The largest absolute Gasteiger partial charge is 0.122 e. The summed E-state index contributed by atoms with van der Waals surface area (Å²) in [6.45, 7) is 2.09. The van der Waals surface area contributed by atoms with Crippen molar-refractivity contribution in [3.05, 3.63) is 59.7 Å². The molecular formula is C14H13Cl. The molecule has 2 aromatic rings. The van der Waals surface area contributed by atoms with E-state index in [1.165, 1.54) is 22.3 Å². The van der Waals surface area contributed by atoms with Crippen molar-refractivity contribution < 1.29 is 0 Å². The van der Waals surface area contributed by atoms with E-state index < -0.39 is 0 Å². The molecule has 2 rings (SSSR count). The molecule has 0 aromatic heterocycles. The zero-order valence-corrected chi connectivity index (χ0v) is 9.46. The molecular weight excluding hydrogens is 204 g/mol. The maximum absolute atomic E-state index is 5.89. The van der Waals surface area contributed by atoms with Crippen LogP contribution in [0, 0.1) is 6.92 Å². The summed E-state index contributed by atoms with van der Waals surface area (Å²) in [6.07, 6.45) is 0. The molecule has 0 aliphatic heterocycles. The second-order valence-corrected chi connectivity index (χ2v) is 3.91. The molecule has 0 amide bonds. The van der Waals surface area contributed by atoms with Crippen molar-refractivity contribution in [3.8, 4) is 11.1 Å². The highest BCUT2D eigenvalue weighted by Gasteiger charge is 2.00. The van der Waals surface area contributed by atoms with Gasteiger partial charge in [0.2, 0.25) is 0 Å². The Morgan fingerprint density at radius 2 is 1.67 bits per heavy atom. The zero-order valence-electron chi connectivity index (χ0n) is 8.70. The van der Waals surface area contributed by atoms with E-state index in [-0.39, 0.29) is 0 Å². The molecule has 0 heterocycles. The van der Waals surface area contributed by atoms with Crippen LogP contribution in [0.25, 0.3) is 11.1 Å². The van der Waals surface area contributed by atoms with Crippen molar-refractivity contribution in [2.24, 2.45) is 0 Å². The summed E-state index contributed by atoms with van der Waals surface area (Å²) in [5.41, 5.74) is 4.93. The lowest BCUT2D eigenvalue weighted by molar-refractivity contribution is 1.30. The minimum absolute atomic E-state index is 0.576. The first-order valence-electron chi connectivity index (χ1n) is 5.02.